The van der Waals surface area contributed by atoms with Gasteiger partial charge in [0.2, 0.25) is 0 Å². The molecule has 0 atom stereocenters. The van der Waals surface area contributed by atoms with E-state index in [0.29, 0.717) is 11.3 Å². The molecule has 4 heteroatoms. The molecule has 0 aliphatic carbocycles. The number of amides is 1. The fourth-order valence-electron chi connectivity index (χ4n) is 1.56. The zero-order chi connectivity index (χ0) is 13.1. The van der Waals surface area contributed by atoms with E-state index in [1.807, 2.05) is 6.92 Å². The maximum absolute atomic E-state index is 11.9. The number of hydrogen-bond donors (Lipinski definition) is 3. The van der Waals surface area contributed by atoms with Gasteiger partial charge in [0.1, 0.15) is 11.5 Å². The molecule has 0 heterocycles. The molecule has 2 rings (SSSR count). The van der Waals surface area contributed by atoms with E-state index in [9.17, 15) is 9.90 Å². The number of phenols is 2. The van der Waals surface area contributed by atoms with E-state index >= 15 is 0 Å². The number of rotatable bonds is 2. The van der Waals surface area contributed by atoms with Crippen molar-refractivity contribution in [2.75, 3.05) is 5.32 Å². The van der Waals surface area contributed by atoms with Crippen LogP contribution in [-0.2, 0) is 0 Å². The van der Waals surface area contributed by atoms with Crippen molar-refractivity contribution in [1.82, 2.24) is 0 Å². The SMILES string of the molecule is Cc1ccc(O)c(NC(=O)c2ccc(O)cc2)c1. The first-order valence-corrected chi connectivity index (χ1v) is 5.46. The van der Waals surface area contributed by atoms with Crippen LogP contribution in [0.3, 0.4) is 0 Å². The number of nitrogens with one attached hydrogen (secondary N) is 1. The van der Waals surface area contributed by atoms with Crippen molar-refractivity contribution in [2.24, 2.45) is 0 Å². The van der Waals surface area contributed by atoms with Gasteiger partial charge >= 0.3 is 0 Å². The van der Waals surface area contributed by atoms with E-state index < -0.39 is 0 Å². The minimum Gasteiger partial charge on any atom is -0.508 e. The first-order chi connectivity index (χ1) is 8.56. The van der Waals surface area contributed by atoms with Gasteiger partial charge in [0.05, 0.1) is 5.69 Å². The molecule has 0 fully saturated rings. The standard InChI is InChI=1S/C14H13NO3/c1-9-2-7-13(17)12(8-9)15-14(18)10-3-5-11(16)6-4-10/h2-8,16-17H,1H3,(H,15,18). The highest BCUT2D eigenvalue weighted by Gasteiger charge is 2.08. The largest absolute Gasteiger partial charge is 0.508 e. The summed E-state index contributed by atoms with van der Waals surface area (Å²) in [5.74, 6) is -0.214. The van der Waals surface area contributed by atoms with Gasteiger partial charge in [-0.1, -0.05) is 6.07 Å². The normalized spacial score (nSPS) is 10.1. The van der Waals surface area contributed by atoms with Gasteiger partial charge in [-0.25, -0.2) is 0 Å². The molecule has 92 valence electrons. The number of hydrogen-bond acceptors (Lipinski definition) is 3. The van der Waals surface area contributed by atoms with Gasteiger partial charge in [0, 0.05) is 5.56 Å². The number of benzene rings is 2. The van der Waals surface area contributed by atoms with Crippen molar-refractivity contribution in [2.45, 2.75) is 6.92 Å². The van der Waals surface area contributed by atoms with Gasteiger partial charge in [0.25, 0.3) is 5.91 Å². The average Bonchev–Trinajstić information content (AvgIpc) is 2.34. The van der Waals surface area contributed by atoms with Crippen molar-refractivity contribution in [3.63, 3.8) is 0 Å². The van der Waals surface area contributed by atoms with Gasteiger partial charge in [-0.15, -0.1) is 0 Å². The summed E-state index contributed by atoms with van der Waals surface area (Å²) < 4.78 is 0. The van der Waals surface area contributed by atoms with Gasteiger partial charge < -0.3 is 15.5 Å². The molecule has 0 radical (unpaired) electrons. The second-order valence-corrected chi connectivity index (χ2v) is 4.02. The first kappa shape index (κ1) is 12.0. The average molecular weight is 243 g/mol. The third kappa shape index (κ3) is 2.60. The summed E-state index contributed by atoms with van der Waals surface area (Å²) in [6, 6.07) is 10.9. The number of anilines is 1. The Balaban J connectivity index is 2.21. The molecule has 0 saturated heterocycles. The third-order valence-electron chi connectivity index (χ3n) is 2.53. The molecule has 0 aliphatic rings. The summed E-state index contributed by atoms with van der Waals surface area (Å²) in [5, 5.41) is 21.4. The molecule has 2 aromatic carbocycles. The van der Waals surface area contributed by atoms with E-state index in [4.69, 9.17) is 5.11 Å². The third-order valence-corrected chi connectivity index (χ3v) is 2.53. The summed E-state index contributed by atoms with van der Waals surface area (Å²) in [6.45, 7) is 1.87. The number of carbonyl (C=O) groups is 1. The predicted octanol–water partition coefficient (Wildman–Crippen LogP) is 2.66. The predicted molar refractivity (Wildman–Crippen MR) is 68.9 cm³/mol. The maximum Gasteiger partial charge on any atom is 0.255 e. The Bertz CT molecular complexity index is 576. The molecule has 0 aromatic heterocycles. The minimum absolute atomic E-state index is 0.0210. The molecule has 0 unspecified atom stereocenters. The molecular formula is C14H13NO3. The Morgan fingerprint density at radius 1 is 1.06 bits per heavy atom. The Labute approximate surface area is 105 Å². The van der Waals surface area contributed by atoms with Gasteiger partial charge in [-0.3, -0.25) is 4.79 Å². The molecule has 0 bridgehead atoms. The number of aromatic hydroxyl groups is 2. The quantitative estimate of drug-likeness (QED) is 0.710. The van der Waals surface area contributed by atoms with Gasteiger partial charge in [0.15, 0.2) is 0 Å². The second kappa shape index (κ2) is 4.79. The molecule has 2 aromatic rings. The monoisotopic (exact) mass is 243 g/mol. The lowest BCUT2D eigenvalue weighted by Crippen LogP contribution is -2.11. The highest BCUT2D eigenvalue weighted by atomic mass is 16.3. The summed E-state index contributed by atoms with van der Waals surface area (Å²) in [5.41, 5.74) is 1.72. The second-order valence-electron chi connectivity index (χ2n) is 4.02. The summed E-state index contributed by atoms with van der Waals surface area (Å²) >= 11 is 0. The lowest BCUT2D eigenvalue weighted by molar-refractivity contribution is 0.102. The number of aryl methyl sites for hydroxylation is 1. The zero-order valence-corrected chi connectivity index (χ0v) is 9.84. The van der Waals surface area contributed by atoms with E-state index in [0.717, 1.165) is 5.56 Å². The Kier molecular flexibility index (Phi) is 3.19. The van der Waals surface area contributed by atoms with E-state index in [1.165, 1.54) is 30.3 Å². The maximum atomic E-state index is 11.9. The number of carbonyl (C=O) groups excluding carboxylic acids is 1. The summed E-state index contributed by atoms with van der Waals surface area (Å²) in [6.07, 6.45) is 0. The molecule has 1 amide bonds. The first-order valence-electron chi connectivity index (χ1n) is 5.46. The zero-order valence-electron chi connectivity index (χ0n) is 9.84. The number of phenolic OH excluding ortho intramolecular Hbond substituents is 2. The summed E-state index contributed by atoms with van der Waals surface area (Å²) in [7, 11) is 0. The van der Waals surface area contributed by atoms with Crippen LogP contribution in [0.2, 0.25) is 0 Å². The van der Waals surface area contributed by atoms with Crippen LogP contribution in [0.1, 0.15) is 15.9 Å². The molecule has 0 spiro atoms. The highest BCUT2D eigenvalue weighted by Crippen LogP contribution is 2.24. The molecule has 0 saturated carbocycles. The van der Waals surface area contributed by atoms with Crippen molar-refractivity contribution >= 4 is 11.6 Å². The van der Waals surface area contributed by atoms with Crippen LogP contribution >= 0.6 is 0 Å². The Morgan fingerprint density at radius 3 is 2.39 bits per heavy atom. The van der Waals surface area contributed by atoms with Crippen molar-refractivity contribution in [1.29, 1.82) is 0 Å². The fraction of sp³-hybridized carbons (Fsp3) is 0.0714. The smallest absolute Gasteiger partial charge is 0.255 e. The van der Waals surface area contributed by atoms with Crippen molar-refractivity contribution < 1.29 is 15.0 Å². The van der Waals surface area contributed by atoms with Crippen LogP contribution in [0, 0.1) is 6.92 Å². The van der Waals surface area contributed by atoms with Gasteiger partial charge in [-0.05, 0) is 48.9 Å². The summed E-state index contributed by atoms with van der Waals surface area (Å²) in [4.78, 5) is 11.9. The van der Waals surface area contributed by atoms with Gasteiger partial charge in [-0.2, -0.15) is 0 Å². The molecule has 0 aliphatic heterocycles. The fourth-order valence-corrected chi connectivity index (χ4v) is 1.56. The highest BCUT2D eigenvalue weighted by molar-refractivity contribution is 6.05. The van der Waals surface area contributed by atoms with E-state index in [-0.39, 0.29) is 17.4 Å². The van der Waals surface area contributed by atoms with Crippen LogP contribution in [-0.4, -0.2) is 16.1 Å². The van der Waals surface area contributed by atoms with Crippen molar-refractivity contribution in [3.05, 3.63) is 53.6 Å². The lowest BCUT2D eigenvalue weighted by atomic mass is 10.1. The lowest BCUT2D eigenvalue weighted by Gasteiger charge is -2.08. The van der Waals surface area contributed by atoms with Crippen LogP contribution in [0.4, 0.5) is 5.69 Å². The van der Waals surface area contributed by atoms with E-state index in [2.05, 4.69) is 5.32 Å². The Hall–Kier alpha value is -2.49. The van der Waals surface area contributed by atoms with Crippen molar-refractivity contribution in [3.8, 4) is 11.5 Å². The molecular weight excluding hydrogens is 230 g/mol. The molecule has 3 N–H and O–H groups in total. The minimum atomic E-state index is -0.337. The van der Waals surface area contributed by atoms with Crippen LogP contribution in [0.15, 0.2) is 42.5 Å². The Morgan fingerprint density at radius 2 is 1.72 bits per heavy atom. The topological polar surface area (TPSA) is 69.6 Å². The van der Waals surface area contributed by atoms with Crippen LogP contribution < -0.4 is 5.32 Å². The van der Waals surface area contributed by atoms with Crippen LogP contribution in [0.5, 0.6) is 11.5 Å². The van der Waals surface area contributed by atoms with Crippen LogP contribution in [0.25, 0.3) is 0 Å². The molecule has 4 nitrogen and oxygen atoms in total. The molecule has 18 heavy (non-hydrogen) atoms. The van der Waals surface area contributed by atoms with E-state index in [1.54, 1.807) is 12.1 Å².